The molecule has 2 unspecified atom stereocenters. The Morgan fingerprint density at radius 2 is 1.86 bits per heavy atom. The van der Waals surface area contributed by atoms with E-state index >= 15 is 0 Å². The molecule has 1 saturated carbocycles. The summed E-state index contributed by atoms with van der Waals surface area (Å²) in [6, 6.07) is 12.4. The third-order valence-electron chi connectivity index (χ3n) is 4.48. The Hall–Kier alpha value is -3.03. The van der Waals surface area contributed by atoms with Crippen LogP contribution in [0.1, 0.15) is 29.0 Å². The molecule has 1 aliphatic rings. The average molecular weight is 392 g/mol. The predicted octanol–water partition coefficient (Wildman–Crippen LogP) is 3.34. The van der Waals surface area contributed by atoms with Crippen LogP contribution in [0.3, 0.4) is 0 Å². The number of hydrogen-bond donors (Lipinski definition) is 2. The standard InChI is InChI=1S/C20H19F3N2O3/c1-12-5-4-6-13(9-12)28-11-18(26)24-25-19(27)16-10-15(16)14-7-2-3-8-17(14)20(21,22)23/h2-9,15-16H,10-11H2,1H3,(H,24,26)(H,25,27). The first-order chi connectivity index (χ1) is 13.3. The van der Waals surface area contributed by atoms with Crippen LogP contribution in [0.2, 0.25) is 0 Å². The quantitative estimate of drug-likeness (QED) is 0.767. The number of amides is 2. The summed E-state index contributed by atoms with van der Waals surface area (Å²) in [5, 5.41) is 0. The van der Waals surface area contributed by atoms with Gasteiger partial charge < -0.3 is 4.74 Å². The zero-order chi connectivity index (χ0) is 20.3. The van der Waals surface area contributed by atoms with Crippen LogP contribution >= 0.6 is 0 Å². The fraction of sp³-hybridized carbons (Fsp3) is 0.300. The number of aryl methyl sites for hydroxylation is 1. The van der Waals surface area contributed by atoms with Crippen molar-refractivity contribution in [3.63, 3.8) is 0 Å². The van der Waals surface area contributed by atoms with Crippen molar-refractivity contribution in [2.45, 2.75) is 25.4 Å². The summed E-state index contributed by atoms with van der Waals surface area (Å²) in [4.78, 5) is 23.9. The Morgan fingerprint density at radius 1 is 1.11 bits per heavy atom. The van der Waals surface area contributed by atoms with Gasteiger partial charge in [-0.3, -0.25) is 20.4 Å². The van der Waals surface area contributed by atoms with Crippen molar-refractivity contribution < 1.29 is 27.5 Å². The second-order valence-corrected chi connectivity index (χ2v) is 6.68. The van der Waals surface area contributed by atoms with Gasteiger partial charge in [-0.2, -0.15) is 13.2 Å². The Kier molecular flexibility index (Phi) is 5.58. The highest BCUT2D eigenvalue weighted by Gasteiger charge is 2.47. The highest BCUT2D eigenvalue weighted by atomic mass is 19.4. The molecule has 1 aliphatic carbocycles. The van der Waals surface area contributed by atoms with Crippen molar-refractivity contribution in [2.24, 2.45) is 5.92 Å². The summed E-state index contributed by atoms with van der Waals surface area (Å²) in [6.07, 6.45) is -4.17. The minimum absolute atomic E-state index is 0.101. The van der Waals surface area contributed by atoms with E-state index in [-0.39, 0.29) is 12.2 Å². The van der Waals surface area contributed by atoms with Gasteiger partial charge in [-0.15, -0.1) is 0 Å². The molecule has 2 N–H and O–H groups in total. The highest BCUT2D eigenvalue weighted by molar-refractivity contribution is 5.86. The zero-order valence-electron chi connectivity index (χ0n) is 15.0. The van der Waals surface area contributed by atoms with Crippen LogP contribution < -0.4 is 15.6 Å². The van der Waals surface area contributed by atoms with Crippen LogP contribution in [0.5, 0.6) is 5.75 Å². The molecule has 5 nitrogen and oxygen atoms in total. The van der Waals surface area contributed by atoms with Crippen molar-refractivity contribution >= 4 is 11.8 Å². The van der Waals surface area contributed by atoms with Gasteiger partial charge in [0.05, 0.1) is 5.56 Å². The summed E-state index contributed by atoms with van der Waals surface area (Å²) < 4.78 is 44.6. The van der Waals surface area contributed by atoms with Crippen LogP contribution in [-0.2, 0) is 15.8 Å². The van der Waals surface area contributed by atoms with Gasteiger partial charge in [0, 0.05) is 5.92 Å². The second kappa shape index (κ2) is 7.92. The van der Waals surface area contributed by atoms with Crippen molar-refractivity contribution in [1.29, 1.82) is 0 Å². The monoisotopic (exact) mass is 392 g/mol. The number of halogens is 3. The largest absolute Gasteiger partial charge is 0.484 e. The van der Waals surface area contributed by atoms with Gasteiger partial charge in [-0.05, 0) is 48.6 Å². The van der Waals surface area contributed by atoms with E-state index in [2.05, 4.69) is 10.9 Å². The first-order valence-corrected chi connectivity index (χ1v) is 8.70. The van der Waals surface area contributed by atoms with E-state index in [0.29, 0.717) is 12.2 Å². The molecule has 0 radical (unpaired) electrons. The molecule has 3 rings (SSSR count). The van der Waals surface area contributed by atoms with Crippen LogP contribution in [0.15, 0.2) is 48.5 Å². The van der Waals surface area contributed by atoms with Crippen LogP contribution in [0, 0.1) is 12.8 Å². The molecule has 2 aromatic carbocycles. The topological polar surface area (TPSA) is 67.4 Å². The van der Waals surface area contributed by atoms with Crippen molar-refractivity contribution in [2.75, 3.05) is 6.61 Å². The van der Waals surface area contributed by atoms with Crippen LogP contribution in [-0.4, -0.2) is 18.4 Å². The van der Waals surface area contributed by atoms with Crippen LogP contribution in [0.25, 0.3) is 0 Å². The number of ether oxygens (including phenoxy) is 1. The third kappa shape index (κ3) is 4.82. The second-order valence-electron chi connectivity index (χ2n) is 6.68. The summed E-state index contributed by atoms with van der Waals surface area (Å²) in [6.45, 7) is 1.59. The van der Waals surface area contributed by atoms with Gasteiger partial charge in [-0.1, -0.05) is 30.3 Å². The fourth-order valence-corrected chi connectivity index (χ4v) is 3.02. The number of hydrazine groups is 1. The predicted molar refractivity (Wildman–Crippen MR) is 95.3 cm³/mol. The Morgan fingerprint density at radius 3 is 2.57 bits per heavy atom. The molecular weight excluding hydrogens is 373 g/mol. The van der Waals surface area contributed by atoms with Crippen molar-refractivity contribution in [1.82, 2.24) is 10.9 Å². The highest BCUT2D eigenvalue weighted by Crippen LogP contribution is 2.50. The molecule has 0 saturated heterocycles. The fourth-order valence-electron chi connectivity index (χ4n) is 3.02. The van der Waals surface area contributed by atoms with E-state index in [1.54, 1.807) is 18.2 Å². The molecular formula is C20H19F3N2O3. The molecule has 28 heavy (non-hydrogen) atoms. The maximum Gasteiger partial charge on any atom is 0.416 e. The van der Waals surface area contributed by atoms with E-state index in [0.717, 1.165) is 11.6 Å². The molecule has 0 spiro atoms. The molecule has 1 fully saturated rings. The molecule has 2 amide bonds. The molecule has 148 valence electrons. The van der Waals surface area contributed by atoms with Gasteiger partial charge in [0.15, 0.2) is 6.61 Å². The SMILES string of the molecule is Cc1cccc(OCC(=O)NNC(=O)C2CC2c2ccccc2C(F)(F)F)c1. The number of nitrogens with one attached hydrogen (secondary N) is 2. The Balaban J connectivity index is 1.49. The Bertz CT molecular complexity index is 883. The number of benzene rings is 2. The first-order valence-electron chi connectivity index (χ1n) is 8.70. The third-order valence-corrected chi connectivity index (χ3v) is 4.48. The van der Waals surface area contributed by atoms with E-state index in [1.807, 2.05) is 13.0 Å². The smallest absolute Gasteiger partial charge is 0.416 e. The number of carbonyl (C=O) groups excluding carboxylic acids is 2. The molecule has 2 atom stereocenters. The van der Waals surface area contributed by atoms with E-state index in [9.17, 15) is 22.8 Å². The van der Waals surface area contributed by atoms with Gasteiger partial charge in [0.1, 0.15) is 5.75 Å². The molecule has 0 heterocycles. The van der Waals surface area contributed by atoms with Crippen molar-refractivity contribution in [3.05, 3.63) is 65.2 Å². The summed E-state index contributed by atoms with van der Waals surface area (Å²) in [7, 11) is 0. The van der Waals surface area contributed by atoms with Gasteiger partial charge in [0.25, 0.3) is 5.91 Å². The minimum Gasteiger partial charge on any atom is -0.484 e. The van der Waals surface area contributed by atoms with Crippen LogP contribution in [0.4, 0.5) is 13.2 Å². The molecule has 2 aromatic rings. The van der Waals surface area contributed by atoms with Crippen molar-refractivity contribution in [3.8, 4) is 5.75 Å². The number of alkyl halides is 3. The van der Waals surface area contributed by atoms with E-state index < -0.39 is 35.4 Å². The maximum atomic E-state index is 13.1. The first kappa shape index (κ1) is 19.7. The molecule has 8 heteroatoms. The maximum absolute atomic E-state index is 13.1. The number of hydrogen-bond acceptors (Lipinski definition) is 3. The summed E-state index contributed by atoms with van der Waals surface area (Å²) in [5.41, 5.74) is 4.82. The van der Waals surface area contributed by atoms with E-state index in [4.69, 9.17) is 4.74 Å². The minimum atomic E-state index is -4.47. The van der Waals surface area contributed by atoms with Gasteiger partial charge >= 0.3 is 6.18 Å². The lowest BCUT2D eigenvalue weighted by Gasteiger charge is -2.12. The molecule has 0 aromatic heterocycles. The normalized spacial score (nSPS) is 18.3. The zero-order valence-corrected chi connectivity index (χ0v) is 15.0. The lowest BCUT2D eigenvalue weighted by molar-refractivity contribution is -0.138. The molecule has 0 aliphatic heterocycles. The molecule has 0 bridgehead atoms. The number of carbonyl (C=O) groups is 2. The Labute approximate surface area is 159 Å². The number of rotatable bonds is 5. The lowest BCUT2D eigenvalue weighted by atomic mass is 10.0. The summed E-state index contributed by atoms with van der Waals surface area (Å²) in [5.74, 6) is -1.69. The summed E-state index contributed by atoms with van der Waals surface area (Å²) >= 11 is 0. The van der Waals surface area contributed by atoms with Gasteiger partial charge in [-0.25, -0.2) is 0 Å². The van der Waals surface area contributed by atoms with Gasteiger partial charge in [0.2, 0.25) is 5.91 Å². The lowest BCUT2D eigenvalue weighted by Crippen LogP contribution is -2.44. The average Bonchev–Trinajstić information content (AvgIpc) is 3.44. The van der Waals surface area contributed by atoms with E-state index in [1.165, 1.54) is 18.2 Å².